The number of ether oxygens (including phenoxy) is 1. The first-order valence-electron chi connectivity index (χ1n) is 6.03. The van der Waals surface area contributed by atoms with E-state index in [9.17, 15) is 18.9 Å². The van der Waals surface area contributed by atoms with Crippen molar-refractivity contribution in [2.24, 2.45) is 0 Å². The summed E-state index contributed by atoms with van der Waals surface area (Å²) in [6.07, 6.45) is 0. The predicted octanol–water partition coefficient (Wildman–Crippen LogP) is 3.49. The van der Waals surface area contributed by atoms with Crippen LogP contribution in [0.5, 0.6) is 11.6 Å². The van der Waals surface area contributed by atoms with Gasteiger partial charge in [0.05, 0.1) is 4.92 Å². The molecule has 0 saturated heterocycles. The molecule has 110 valence electrons. The molecule has 0 spiro atoms. The largest absolute Gasteiger partial charge is 0.430 e. The highest BCUT2D eigenvalue weighted by Crippen LogP contribution is 2.32. The topological polar surface area (TPSA) is 77.3 Å². The van der Waals surface area contributed by atoms with Gasteiger partial charge in [0.25, 0.3) is 0 Å². The Morgan fingerprint density at radius 1 is 1.33 bits per heavy atom. The summed E-state index contributed by atoms with van der Waals surface area (Å²) >= 11 is 0. The number of hydrogen-bond acceptors (Lipinski definition) is 5. The minimum atomic E-state index is -0.972. The van der Waals surface area contributed by atoms with E-state index in [4.69, 9.17) is 4.74 Å². The fourth-order valence-corrected chi connectivity index (χ4v) is 1.59. The van der Waals surface area contributed by atoms with Gasteiger partial charge in [-0.05, 0) is 25.1 Å². The molecule has 0 unspecified atom stereocenters. The highest BCUT2D eigenvalue weighted by Gasteiger charge is 2.20. The third-order valence-corrected chi connectivity index (χ3v) is 2.50. The van der Waals surface area contributed by atoms with Gasteiger partial charge in [0.2, 0.25) is 0 Å². The molecule has 0 atom stereocenters. The molecule has 1 heterocycles. The van der Waals surface area contributed by atoms with Crippen molar-refractivity contribution in [2.45, 2.75) is 6.92 Å². The lowest BCUT2D eigenvalue weighted by Gasteiger charge is -2.08. The summed E-state index contributed by atoms with van der Waals surface area (Å²) in [7, 11) is 0. The van der Waals surface area contributed by atoms with Crippen LogP contribution in [-0.2, 0) is 0 Å². The number of pyridine rings is 1. The van der Waals surface area contributed by atoms with Crippen molar-refractivity contribution in [3.63, 3.8) is 0 Å². The molecule has 21 heavy (non-hydrogen) atoms. The maximum Gasteiger partial charge on any atom is 0.331 e. The molecular weight excluding hydrogens is 284 g/mol. The summed E-state index contributed by atoms with van der Waals surface area (Å²) in [6, 6.07) is 5.25. The van der Waals surface area contributed by atoms with Gasteiger partial charge in [-0.3, -0.25) is 10.1 Å². The number of nitro groups is 1. The smallest absolute Gasteiger partial charge is 0.331 e. The fourth-order valence-electron chi connectivity index (χ4n) is 1.59. The number of aromatic nitrogens is 1. The highest BCUT2D eigenvalue weighted by molar-refractivity contribution is 5.50. The summed E-state index contributed by atoms with van der Waals surface area (Å²) < 4.78 is 31.5. The SMILES string of the molecule is CCNc1ccc([N+](=O)[O-])c(Oc2ccc(F)cc2F)n1. The summed E-state index contributed by atoms with van der Waals surface area (Å²) in [5.74, 6) is -2.12. The zero-order valence-electron chi connectivity index (χ0n) is 11.0. The number of rotatable bonds is 5. The van der Waals surface area contributed by atoms with Crippen molar-refractivity contribution in [2.75, 3.05) is 11.9 Å². The number of anilines is 1. The summed E-state index contributed by atoms with van der Waals surface area (Å²) in [6.45, 7) is 2.37. The second kappa shape index (κ2) is 6.12. The number of halogens is 2. The van der Waals surface area contributed by atoms with Gasteiger partial charge in [-0.15, -0.1) is 0 Å². The molecule has 0 aliphatic heterocycles. The van der Waals surface area contributed by atoms with E-state index < -0.39 is 22.2 Å². The van der Waals surface area contributed by atoms with Gasteiger partial charge < -0.3 is 10.1 Å². The molecule has 1 N–H and O–H groups in total. The van der Waals surface area contributed by atoms with Crippen molar-refractivity contribution in [3.05, 3.63) is 52.1 Å². The fraction of sp³-hybridized carbons (Fsp3) is 0.154. The Bertz CT molecular complexity index is 680. The molecule has 0 aliphatic carbocycles. The molecule has 1 aromatic carbocycles. The molecule has 0 fully saturated rings. The van der Waals surface area contributed by atoms with Crippen molar-refractivity contribution < 1.29 is 18.4 Å². The number of nitrogens with zero attached hydrogens (tertiary/aromatic N) is 2. The van der Waals surface area contributed by atoms with Gasteiger partial charge in [0, 0.05) is 18.7 Å². The van der Waals surface area contributed by atoms with Crippen LogP contribution in [0.3, 0.4) is 0 Å². The van der Waals surface area contributed by atoms with Gasteiger partial charge in [-0.1, -0.05) is 0 Å². The first kappa shape index (κ1) is 14.6. The molecule has 2 aromatic rings. The van der Waals surface area contributed by atoms with E-state index in [2.05, 4.69) is 10.3 Å². The molecule has 0 bridgehead atoms. The van der Waals surface area contributed by atoms with Crippen molar-refractivity contribution in [3.8, 4) is 11.6 Å². The molecule has 2 rings (SSSR count). The summed E-state index contributed by atoms with van der Waals surface area (Å²) in [5, 5.41) is 13.8. The van der Waals surface area contributed by atoms with Crippen molar-refractivity contribution in [1.29, 1.82) is 0 Å². The lowest BCUT2D eigenvalue weighted by atomic mass is 10.3. The Labute approximate surface area is 118 Å². The maximum atomic E-state index is 13.5. The van der Waals surface area contributed by atoms with Gasteiger partial charge >= 0.3 is 11.6 Å². The minimum absolute atomic E-state index is 0.347. The van der Waals surface area contributed by atoms with E-state index in [1.165, 1.54) is 12.1 Å². The van der Waals surface area contributed by atoms with Gasteiger partial charge in [0.1, 0.15) is 11.6 Å². The zero-order chi connectivity index (χ0) is 15.4. The average molecular weight is 295 g/mol. The van der Waals surface area contributed by atoms with Crippen LogP contribution in [0.4, 0.5) is 20.3 Å². The number of benzene rings is 1. The van der Waals surface area contributed by atoms with Crippen LogP contribution in [0.1, 0.15) is 6.92 Å². The monoisotopic (exact) mass is 295 g/mol. The Morgan fingerprint density at radius 3 is 2.71 bits per heavy atom. The van der Waals surface area contributed by atoms with Crippen LogP contribution in [0.2, 0.25) is 0 Å². The van der Waals surface area contributed by atoms with Crippen LogP contribution < -0.4 is 10.1 Å². The van der Waals surface area contributed by atoms with E-state index in [-0.39, 0.29) is 11.6 Å². The summed E-state index contributed by atoms with van der Waals surface area (Å²) in [5.41, 5.74) is -0.416. The lowest BCUT2D eigenvalue weighted by Crippen LogP contribution is -2.03. The zero-order valence-corrected chi connectivity index (χ0v) is 11.0. The van der Waals surface area contributed by atoms with Gasteiger partial charge in [-0.2, -0.15) is 4.98 Å². The van der Waals surface area contributed by atoms with Crippen LogP contribution in [0, 0.1) is 21.7 Å². The Hall–Kier alpha value is -2.77. The van der Waals surface area contributed by atoms with Gasteiger partial charge in [0.15, 0.2) is 11.6 Å². The standard InChI is InChI=1S/C13H11F2N3O3/c1-2-16-12-6-4-10(18(19)20)13(17-12)21-11-5-3-8(14)7-9(11)15/h3-7H,2H2,1H3,(H,16,17). The third-order valence-electron chi connectivity index (χ3n) is 2.50. The molecular formula is C13H11F2N3O3. The van der Waals surface area contributed by atoms with Crippen LogP contribution in [-0.4, -0.2) is 16.5 Å². The molecule has 0 amide bonds. The van der Waals surface area contributed by atoms with Crippen molar-refractivity contribution >= 4 is 11.5 Å². The summed E-state index contributed by atoms with van der Waals surface area (Å²) in [4.78, 5) is 14.1. The van der Waals surface area contributed by atoms with Crippen molar-refractivity contribution in [1.82, 2.24) is 4.98 Å². The Morgan fingerprint density at radius 2 is 2.10 bits per heavy atom. The Balaban J connectivity index is 2.40. The second-order valence-electron chi connectivity index (χ2n) is 3.99. The quantitative estimate of drug-likeness (QED) is 0.675. The molecule has 1 aromatic heterocycles. The normalized spacial score (nSPS) is 10.2. The molecule has 6 nitrogen and oxygen atoms in total. The highest BCUT2D eigenvalue weighted by atomic mass is 19.1. The van der Waals surface area contributed by atoms with Gasteiger partial charge in [-0.25, -0.2) is 8.78 Å². The molecule has 0 aliphatic rings. The van der Waals surface area contributed by atoms with E-state index in [1.807, 2.05) is 6.92 Å². The number of hydrogen-bond donors (Lipinski definition) is 1. The van der Waals surface area contributed by atoms with E-state index in [0.29, 0.717) is 18.4 Å². The lowest BCUT2D eigenvalue weighted by molar-refractivity contribution is -0.386. The van der Waals surface area contributed by atoms with Crippen LogP contribution >= 0.6 is 0 Å². The third kappa shape index (κ3) is 3.41. The molecule has 8 heteroatoms. The average Bonchev–Trinajstić information content (AvgIpc) is 2.42. The minimum Gasteiger partial charge on any atom is -0.430 e. The first-order chi connectivity index (χ1) is 10.0. The second-order valence-corrected chi connectivity index (χ2v) is 3.99. The molecule has 0 radical (unpaired) electrons. The van der Waals surface area contributed by atoms with E-state index in [1.54, 1.807) is 0 Å². The maximum absolute atomic E-state index is 13.5. The molecule has 0 saturated carbocycles. The van der Waals surface area contributed by atoms with Crippen LogP contribution in [0.25, 0.3) is 0 Å². The van der Waals surface area contributed by atoms with Crippen LogP contribution in [0.15, 0.2) is 30.3 Å². The van der Waals surface area contributed by atoms with E-state index >= 15 is 0 Å². The first-order valence-corrected chi connectivity index (χ1v) is 6.03. The Kier molecular flexibility index (Phi) is 4.27. The van der Waals surface area contributed by atoms with E-state index in [0.717, 1.165) is 12.1 Å². The predicted molar refractivity (Wildman–Crippen MR) is 71.5 cm³/mol. The number of nitrogens with one attached hydrogen (secondary N) is 1.